The number of piperidine rings is 1. The summed E-state index contributed by atoms with van der Waals surface area (Å²) in [5.41, 5.74) is 0.710. The molecule has 29 heavy (non-hydrogen) atoms. The fraction of sp³-hybridized carbons (Fsp3) is 0.647. The first-order valence-corrected chi connectivity index (χ1v) is 9.76. The fourth-order valence-corrected chi connectivity index (χ4v) is 3.96. The van der Waals surface area contributed by atoms with E-state index in [4.69, 9.17) is 16.3 Å². The van der Waals surface area contributed by atoms with E-state index in [0.29, 0.717) is 30.1 Å². The number of aromatic nitrogens is 4. The lowest BCUT2D eigenvalue weighted by molar-refractivity contribution is -0.129. The number of imidazole rings is 1. The second kappa shape index (κ2) is 7.98. The normalized spacial score (nSPS) is 28.2. The minimum atomic E-state index is -1.36. The molecule has 4 heterocycles. The minimum Gasteiger partial charge on any atom is -0.387 e. The summed E-state index contributed by atoms with van der Waals surface area (Å²) in [6, 6.07) is 0.0796. The number of halogens is 2. The summed E-state index contributed by atoms with van der Waals surface area (Å²) in [6.07, 6.45) is -1.99. The molecule has 4 atom stereocenters. The lowest BCUT2D eigenvalue weighted by atomic mass is 10.1. The maximum Gasteiger partial charge on any atom is 0.226 e. The number of nitrogens with one attached hydrogen (secondary N) is 1. The summed E-state index contributed by atoms with van der Waals surface area (Å²) < 4.78 is 19.9. The van der Waals surface area contributed by atoms with Crippen LogP contribution in [0.1, 0.15) is 26.0 Å². The molecule has 0 aliphatic carbocycles. The van der Waals surface area contributed by atoms with Crippen LogP contribution < -0.4 is 5.32 Å². The van der Waals surface area contributed by atoms with Crippen molar-refractivity contribution in [2.24, 2.45) is 0 Å². The van der Waals surface area contributed by atoms with Crippen molar-refractivity contribution in [3.63, 3.8) is 0 Å². The second-order valence-electron chi connectivity index (χ2n) is 7.29. The third kappa shape index (κ3) is 3.75. The first-order chi connectivity index (χ1) is 13.9. The molecule has 0 aromatic carbocycles. The van der Waals surface area contributed by atoms with Gasteiger partial charge in [0.25, 0.3) is 0 Å². The van der Waals surface area contributed by atoms with Crippen LogP contribution >= 0.6 is 11.6 Å². The van der Waals surface area contributed by atoms with E-state index in [9.17, 15) is 19.4 Å². The van der Waals surface area contributed by atoms with Gasteiger partial charge in [0.15, 0.2) is 23.2 Å². The number of hydrogen-bond donors (Lipinski definition) is 3. The van der Waals surface area contributed by atoms with Gasteiger partial charge in [-0.1, -0.05) is 0 Å². The number of anilines is 1. The third-order valence-corrected chi connectivity index (χ3v) is 5.61. The van der Waals surface area contributed by atoms with Crippen molar-refractivity contribution in [2.45, 2.75) is 50.3 Å². The summed E-state index contributed by atoms with van der Waals surface area (Å²) in [4.78, 5) is 26.0. The van der Waals surface area contributed by atoms with E-state index >= 15 is 0 Å². The van der Waals surface area contributed by atoms with Crippen LogP contribution in [0.2, 0.25) is 5.28 Å². The van der Waals surface area contributed by atoms with Gasteiger partial charge < -0.3 is 25.2 Å². The number of rotatable bonds is 4. The average molecular weight is 429 g/mol. The zero-order valence-electron chi connectivity index (χ0n) is 15.7. The van der Waals surface area contributed by atoms with E-state index in [1.165, 1.54) is 10.9 Å². The smallest absolute Gasteiger partial charge is 0.226 e. The Morgan fingerprint density at radius 2 is 2.07 bits per heavy atom. The first kappa shape index (κ1) is 20.2. The number of nitrogens with zero attached hydrogens (tertiary/aromatic N) is 5. The highest BCUT2D eigenvalue weighted by Crippen LogP contribution is 2.33. The topological polar surface area (TPSA) is 126 Å². The first-order valence-electron chi connectivity index (χ1n) is 9.38. The van der Waals surface area contributed by atoms with Gasteiger partial charge in [0.2, 0.25) is 11.2 Å². The standard InChI is InChI=1S/C17H22ClFN6O4/c1-8(26)24-4-2-9(3-5-24)21-14-11-15(23-17(18)22-14)25(7-20-11)16-13(28)12(27)10(6-19)29-16/h7,9-10,12-13,16,27-28H,2-6H2,1H3,(H,21,22,23)/t10-,12-,13-,16-/m1/s1. The Bertz CT molecular complexity index is 905. The Morgan fingerprint density at radius 3 is 2.69 bits per heavy atom. The number of amides is 1. The second-order valence-corrected chi connectivity index (χ2v) is 7.63. The largest absolute Gasteiger partial charge is 0.387 e. The summed E-state index contributed by atoms with van der Waals surface area (Å²) in [7, 11) is 0. The molecule has 2 aromatic rings. The maximum atomic E-state index is 13.0. The molecule has 0 spiro atoms. The lowest BCUT2D eigenvalue weighted by Gasteiger charge is -2.31. The molecule has 4 rings (SSSR count). The third-order valence-electron chi connectivity index (χ3n) is 5.44. The molecule has 2 aliphatic rings. The van der Waals surface area contributed by atoms with E-state index in [2.05, 4.69) is 20.3 Å². The molecule has 12 heteroatoms. The Morgan fingerprint density at radius 1 is 1.34 bits per heavy atom. The highest BCUT2D eigenvalue weighted by Gasteiger charge is 2.44. The van der Waals surface area contributed by atoms with Gasteiger partial charge in [0.05, 0.1) is 6.33 Å². The highest BCUT2D eigenvalue weighted by molar-refractivity contribution is 6.28. The molecule has 10 nitrogen and oxygen atoms in total. The molecule has 0 bridgehead atoms. The highest BCUT2D eigenvalue weighted by atomic mass is 35.5. The number of fused-ring (bicyclic) bond motifs is 1. The molecule has 1 amide bonds. The summed E-state index contributed by atoms with van der Waals surface area (Å²) in [5.74, 6) is 0.480. The van der Waals surface area contributed by atoms with E-state index in [1.807, 2.05) is 0 Å². The number of hydrogen-bond acceptors (Lipinski definition) is 8. The number of aliphatic hydroxyl groups is 2. The number of likely N-dealkylation sites (tertiary alicyclic amines) is 1. The Kier molecular flexibility index (Phi) is 5.56. The molecule has 2 saturated heterocycles. The van der Waals surface area contributed by atoms with Gasteiger partial charge in [0, 0.05) is 26.1 Å². The van der Waals surface area contributed by atoms with Crippen LogP contribution in [0.15, 0.2) is 6.33 Å². The molecule has 3 N–H and O–H groups in total. The van der Waals surface area contributed by atoms with Gasteiger partial charge >= 0.3 is 0 Å². The van der Waals surface area contributed by atoms with Crippen LogP contribution in [0.25, 0.3) is 11.2 Å². The SMILES string of the molecule is CC(=O)N1CCC(Nc2nc(Cl)nc3c2ncn3[C@@H]2O[C@H](CF)[C@@H](O)[C@H]2O)CC1. The molecule has 0 radical (unpaired) electrons. The van der Waals surface area contributed by atoms with Crippen molar-refractivity contribution in [1.29, 1.82) is 0 Å². The van der Waals surface area contributed by atoms with Gasteiger partial charge in [-0.15, -0.1) is 0 Å². The minimum absolute atomic E-state index is 0.0296. The van der Waals surface area contributed by atoms with Crippen LogP contribution in [0.3, 0.4) is 0 Å². The van der Waals surface area contributed by atoms with Crippen molar-refractivity contribution in [3.8, 4) is 0 Å². The van der Waals surface area contributed by atoms with Crippen LogP contribution in [-0.4, -0.2) is 84.7 Å². The van der Waals surface area contributed by atoms with Crippen molar-refractivity contribution in [1.82, 2.24) is 24.4 Å². The van der Waals surface area contributed by atoms with Crippen molar-refractivity contribution in [2.75, 3.05) is 25.1 Å². The quantitative estimate of drug-likeness (QED) is 0.601. The Hall–Kier alpha value is -2.08. The predicted molar refractivity (Wildman–Crippen MR) is 101 cm³/mol. The molecule has 0 unspecified atom stereocenters. The number of alkyl halides is 1. The van der Waals surface area contributed by atoms with Crippen LogP contribution in [0, 0.1) is 0 Å². The van der Waals surface area contributed by atoms with Gasteiger partial charge in [-0.05, 0) is 24.4 Å². The number of carbonyl (C=O) groups excluding carboxylic acids is 1. The zero-order chi connectivity index (χ0) is 20.7. The average Bonchev–Trinajstić information content (AvgIpc) is 3.23. The van der Waals surface area contributed by atoms with Crippen LogP contribution in [-0.2, 0) is 9.53 Å². The van der Waals surface area contributed by atoms with Crippen molar-refractivity contribution >= 4 is 34.5 Å². The summed E-state index contributed by atoms with van der Waals surface area (Å²) >= 11 is 6.09. The lowest BCUT2D eigenvalue weighted by Crippen LogP contribution is -2.41. The monoisotopic (exact) mass is 428 g/mol. The van der Waals surface area contributed by atoms with E-state index in [-0.39, 0.29) is 17.2 Å². The van der Waals surface area contributed by atoms with Crippen LogP contribution in [0.4, 0.5) is 10.2 Å². The van der Waals surface area contributed by atoms with Gasteiger partial charge in [-0.2, -0.15) is 9.97 Å². The Balaban J connectivity index is 1.59. The zero-order valence-corrected chi connectivity index (χ0v) is 16.5. The maximum absolute atomic E-state index is 13.0. The Labute approximate surface area is 170 Å². The molecule has 2 fully saturated rings. The fourth-order valence-electron chi connectivity index (χ4n) is 3.80. The number of carbonyl (C=O) groups is 1. The predicted octanol–water partition coefficient (Wildman–Crippen LogP) is 0.491. The van der Waals surface area contributed by atoms with Gasteiger partial charge in [-0.3, -0.25) is 9.36 Å². The number of aliphatic hydroxyl groups excluding tert-OH is 2. The van der Waals surface area contributed by atoms with E-state index in [1.54, 1.807) is 11.8 Å². The molecular formula is C17H22ClFN6O4. The molecule has 0 saturated carbocycles. The van der Waals surface area contributed by atoms with Crippen molar-refractivity contribution in [3.05, 3.63) is 11.6 Å². The van der Waals surface area contributed by atoms with E-state index in [0.717, 1.165) is 12.8 Å². The van der Waals surface area contributed by atoms with Crippen molar-refractivity contribution < 1.29 is 24.1 Å². The van der Waals surface area contributed by atoms with Gasteiger partial charge in [0.1, 0.15) is 25.0 Å². The summed E-state index contributed by atoms with van der Waals surface area (Å²) in [5, 5.41) is 23.5. The van der Waals surface area contributed by atoms with Crippen LogP contribution in [0.5, 0.6) is 0 Å². The molecular weight excluding hydrogens is 407 g/mol. The van der Waals surface area contributed by atoms with E-state index < -0.39 is 31.2 Å². The molecule has 158 valence electrons. The number of ether oxygens (including phenoxy) is 1. The summed E-state index contributed by atoms with van der Waals surface area (Å²) in [6.45, 7) is 1.92. The molecule has 2 aliphatic heterocycles. The van der Waals surface area contributed by atoms with Gasteiger partial charge in [-0.25, -0.2) is 9.37 Å². The molecule has 2 aromatic heterocycles.